The number of carbonyl (C=O) groups excluding carboxylic acids is 1. The Bertz CT molecular complexity index is 985. The van der Waals surface area contributed by atoms with Crippen LogP contribution in [0.3, 0.4) is 0 Å². The van der Waals surface area contributed by atoms with Crippen LogP contribution in [0.15, 0.2) is 30.7 Å². The molecule has 4 heterocycles. The van der Waals surface area contributed by atoms with Crippen LogP contribution >= 0.6 is 11.3 Å². The van der Waals surface area contributed by atoms with Gasteiger partial charge in [-0.25, -0.2) is 9.67 Å². The lowest BCUT2D eigenvalue weighted by Crippen LogP contribution is -2.21. The van der Waals surface area contributed by atoms with Gasteiger partial charge in [-0.1, -0.05) is 11.3 Å². The van der Waals surface area contributed by atoms with Crippen molar-refractivity contribution in [1.29, 1.82) is 0 Å². The predicted molar refractivity (Wildman–Crippen MR) is 111 cm³/mol. The second kappa shape index (κ2) is 7.64. The summed E-state index contributed by atoms with van der Waals surface area (Å²) in [5.41, 5.74) is 7.74. The molecule has 2 fully saturated rings. The Morgan fingerprint density at radius 2 is 2.28 bits per heavy atom. The van der Waals surface area contributed by atoms with Crippen molar-refractivity contribution in [1.82, 2.24) is 19.7 Å². The number of primary amides is 1. The highest BCUT2D eigenvalue weighted by atomic mass is 32.1. The number of nitrogens with one attached hydrogen (secondary N) is 1. The number of nitrogens with zero attached hydrogens (tertiary/aromatic N) is 4. The zero-order chi connectivity index (χ0) is 19.8. The molecule has 1 unspecified atom stereocenters. The minimum absolute atomic E-state index is 0.00719. The number of hydrogen-bond acceptors (Lipinski definition) is 6. The van der Waals surface area contributed by atoms with E-state index in [0.29, 0.717) is 11.6 Å². The molecule has 0 aromatic carbocycles. The number of carbonyl (C=O) groups is 1. The first-order valence-corrected chi connectivity index (χ1v) is 10.9. The van der Waals surface area contributed by atoms with Crippen LogP contribution in [0.1, 0.15) is 48.8 Å². The SMILES string of the molecule is NC(=O)c1nc(N(CC2CC2)c2cnn(C3CCCCO3)c2)sc1-c1ccc[nH]1. The summed E-state index contributed by atoms with van der Waals surface area (Å²) in [5.74, 6) is 0.119. The van der Waals surface area contributed by atoms with Gasteiger partial charge in [-0.3, -0.25) is 4.79 Å². The molecular weight excluding hydrogens is 388 g/mol. The minimum atomic E-state index is -0.519. The summed E-state index contributed by atoms with van der Waals surface area (Å²) >= 11 is 1.48. The summed E-state index contributed by atoms with van der Waals surface area (Å²) in [7, 11) is 0. The van der Waals surface area contributed by atoms with Crippen molar-refractivity contribution in [2.75, 3.05) is 18.1 Å². The molecule has 0 bridgehead atoms. The quantitative estimate of drug-likeness (QED) is 0.616. The van der Waals surface area contributed by atoms with Crippen LogP contribution in [-0.2, 0) is 4.74 Å². The third kappa shape index (κ3) is 3.79. The summed E-state index contributed by atoms with van der Waals surface area (Å²) < 4.78 is 7.77. The molecule has 0 radical (unpaired) electrons. The Morgan fingerprint density at radius 3 is 2.97 bits per heavy atom. The van der Waals surface area contributed by atoms with E-state index in [1.807, 2.05) is 35.4 Å². The summed E-state index contributed by atoms with van der Waals surface area (Å²) in [6, 6.07) is 3.82. The van der Waals surface area contributed by atoms with E-state index < -0.39 is 5.91 Å². The molecule has 5 rings (SSSR count). The average Bonchev–Trinajstić information content (AvgIpc) is 3.17. The zero-order valence-electron chi connectivity index (χ0n) is 16.1. The van der Waals surface area contributed by atoms with E-state index in [4.69, 9.17) is 10.5 Å². The largest absolute Gasteiger partial charge is 0.364 e. The van der Waals surface area contributed by atoms with Gasteiger partial charge in [0, 0.05) is 19.3 Å². The Kier molecular flexibility index (Phi) is 4.84. The molecule has 2 aliphatic rings. The molecule has 1 aliphatic carbocycles. The van der Waals surface area contributed by atoms with Crippen LogP contribution in [0.25, 0.3) is 10.6 Å². The molecule has 3 aromatic heterocycles. The van der Waals surface area contributed by atoms with Crippen molar-refractivity contribution in [3.63, 3.8) is 0 Å². The molecule has 9 heteroatoms. The van der Waals surface area contributed by atoms with Gasteiger partial charge in [0.15, 0.2) is 10.8 Å². The van der Waals surface area contributed by atoms with Crippen molar-refractivity contribution >= 4 is 28.1 Å². The highest BCUT2D eigenvalue weighted by molar-refractivity contribution is 7.19. The van der Waals surface area contributed by atoms with Crippen LogP contribution in [-0.4, -0.2) is 38.8 Å². The number of H-pyrrole nitrogens is 1. The topological polar surface area (TPSA) is 102 Å². The number of ether oxygens (including phenoxy) is 1. The molecule has 1 saturated carbocycles. The zero-order valence-corrected chi connectivity index (χ0v) is 16.9. The van der Waals surface area contributed by atoms with Gasteiger partial charge in [-0.05, 0) is 50.2 Å². The van der Waals surface area contributed by atoms with Gasteiger partial charge in [0.1, 0.15) is 6.23 Å². The monoisotopic (exact) mass is 412 g/mol. The molecule has 8 nitrogen and oxygen atoms in total. The van der Waals surface area contributed by atoms with E-state index in [-0.39, 0.29) is 6.23 Å². The van der Waals surface area contributed by atoms with Gasteiger partial charge in [-0.15, -0.1) is 0 Å². The van der Waals surface area contributed by atoms with E-state index in [2.05, 4.69) is 20.0 Å². The second-order valence-corrected chi connectivity index (χ2v) is 8.65. The third-order valence-electron chi connectivity index (χ3n) is 5.41. The lowest BCUT2D eigenvalue weighted by Gasteiger charge is -2.23. The second-order valence-electron chi connectivity index (χ2n) is 7.68. The van der Waals surface area contributed by atoms with Crippen molar-refractivity contribution in [2.24, 2.45) is 11.7 Å². The van der Waals surface area contributed by atoms with Crippen molar-refractivity contribution in [3.05, 3.63) is 36.4 Å². The predicted octanol–water partition coefficient (Wildman–Crippen LogP) is 3.68. The van der Waals surface area contributed by atoms with E-state index >= 15 is 0 Å². The van der Waals surface area contributed by atoms with E-state index in [1.54, 1.807) is 0 Å². The lowest BCUT2D eigenvalue weighted by molar-refractivity contribution is -0.0394. The van der Waals surface area contributed by atoms with E-state index in [0.717, 1.165) is 53.8 Å². The third-order valence-corrected chi connectivity index (χ3v) is 6.52. The van der Waals surface area contributed by atoms with Gasteiger partial charge >= 0.3 is 0 Å². The fourth-order valence-electron chi connectivity index (χ4n) is 3.66. The van der Waals surface area contributed by atoms with Gasteiger partial charge in [0.05, 0.1) is 28.7 Å². The molecule has 1 aliphatic heterocycles. The maximum absolute atomic E-state index is 12.0. The number of rotatable bonds is 7. The summed E-state index contributed by atoms with van der Waals surface area (Å²) in [6.45, 7) is 1.63. The fraction of sp³-hybridized carbons (Fsp3) is 0.450. The molecule has 1 saturated heterocycles. The Morgan fingerprint density at radius 1 is 1.38 bits per heavy atom. The molecule has 3 N–H and O–H groups in total. The van der Waals surface area contributed by atoms with Crippen LogP contribution in [0, 0.1) is 5.92 Å². The first kappa shape index (κ1) is 18.4. The average molecular weight is 413 g/mol. The van der Waals surface area contributed by atoms with Crippen LogP contribution in [0.2, 0.25) is 0 Å². The summed E-state index contributed by atoms with van der Waals surface area (Å²) in [4.78, 5) is 22.7. The van der Waals surface area contributed by atoms with E-state index in [1.165, 1.54) is 24.2 Å². The Balaban J connectivity index is 1.49. The minimum Gasteiger partial charge on any atom is -0.364 e. The van der Waals surface area contributed by atoms with E-state index in [9.17, 15) is 4.79 Å². The van der Waals surface area contributed by atoms with Gasteiger partial charge in [-0.2, -0.15) is 5.10 Å². The molecular formula is C20H24N6O2S. The Labute approximate surface area is 172 Å². The highest BCUT2D eigenvalue weighted by Gasteiger charge is 2.30. The molecule has 152 valence electrons. The molecule has 1 amide bonds. The first-order valence-electron chi connectivity index (χ1n) is 10.1. The van der Waals surface area contributed by atoms with Crippen LogP contribution < -0.4 is 10.6 Å². The number of aromatic nitrogens is 4. The molecule has 0 spiro atoms. The first-order chi connectivity index (χ1) is 14.2. The number of anilines is 2. The van der Waals surface area contributed by atoms with Crippen LogP contribution in [0.5, 0.6) is 0 Å². The molecule has 29 heavy (non-hydrogen) atoms. The number of nitrogens with two attached hydrogens (primary N) is 1. The number of aromatic amines is 1. The number of hydrogen-bond donors (Lipinski definition) is 2. The number of thiazole rings is 1. The van der Waals surface area contributed by atoms with Crippen LogP contribution in [0.4, 0.5) is 10.8 Å². The van der Waals surface area contributed by atoms with Crippen molar-refractivity contribution in [3.8, 4) is 10.6 Å². The van der Waals surface area contributed by atoms with Gasteiger partial charge < -0.3 is 20.4 Å². The smallest absolute Gasteiger partial charge is 0.268 e. The van der Waals surface area contributed by atoms with Gasteiger partial charge in [0.25, 0.3) is 5.91 Å². The molecule has 3 aromatic rings. The van der Waals surface area contributed by atoms with Gasteiger partial charge in [0.2, 0.25) is 0 Å². The summed E-state index contributed by atoms with van der Waals surface area (Å²) in [5, 5.41) is 5.32. The fourth-order valence-corrected chi connectivity index (χ4v) is 4.74. The standard InChI is InChI=1S/C20H24N6O2S/c21-19(27)17-18(15-4-3-8-22-15)29-20(24-17)25(11-13-6-7-13)14-10-23-26(12-14)16-5-1-2-9-28-16/h3-4,8,10,12-13,16,22H,1-2,5-7,9,11H2,(H2,21,27). The number of amides is 1. The Hall–Kier alpha value is -2.65. The summed E-state index contributed by atoms with van der Waals surface area (Å²) in [6.07, 6.45) is 11.4. The normalized spacial score (nSPS) is 19.4. The lowest BCUT2D eigenvalue weighted by atomic mass is 10.2. The maximum Gasteiger partial charge on any atom is 0.268 e. The highest BCUT2D eigenvalue weighted by Crippen LogP contribution is 2.40. The molecule has 1 atom stereocenters. The maximum atomic E-state index is 12.0. The van der Waals surface area contributed by atoms with Crippen molar-refractivity contribution in [2.45, 2.75) is 38.3 Å². The van der Waals surface area contributed by atoms with Crippen molar-refractivity contribution < 1.29 is 9.53 Å².